The molecule has 0 aromatic heterocycles. The van der Waals surface area contributed by atoms with Gasteiger partial charge in [0.2, 0.25) is 0 Å². The summed E-state index contributed by atoms with van der Waals surface area (Å²) in [5, 5.41) is 45.6. The van der Waals surface area contributed by atoms with Gasteiger partial charge >= 0.3 is 11.9 Å². The molecule has 0 saturated carbocycles. The molecule has 0 aliphatic carbocycles. The number of azo groups is 1. The van der Waals surface area contributed by atoms with E-state index in [1.807, 2.05) is 12.1 Å². The first-order chi connectivity index (χ1) is 16.1. The van der Waals surface area contributed by atoms with Crippen molar-refractivity contribution in [2.45, 2.75) is 50.6 Å². The lowest BCUT2D eigenvalue weighted by molar-refractivity contribution is -0.135. The highest BCUT2D eigenvalue weighted by Crippen LogP contribution is 2.25. The van der Waals surface area contributed by atoms with Crippen molar-refractivity contribution in [3.05, 3.63) is 48.5 Å². The van der Waals surface area contributed by atoms with Crippen molar-refractivity contribution in [3.63, 3.8) is 0 Å². The Labute approximate surface area is 196 Å². The highest BCUT2D eigenvalue weighted by Gasteiger charge is 2.30. The van der Waals surface area contributed by atoms with Gasteiger partial charge in [0.05, 0.1) is 12.1 Å². The second kappa shape index (κ2) is 11.4. The minimum atomic E-state index is -1.39. The molecular weight excluding hydrogens is 440 g/mol. The Bertz CT molecular complexity index is 1030. The molecule has 2 aromatic carbocycles. The van der Waals surface area contributed by atoms with E-state index < -0.39 is 23.0 Å². The summed E-state index contributed by atoms with van der Waals surface area (Å²) < 4.78 is 10.3. The summed E-state index contributed by atoms with van der Waals surface area (Å²) in [6, 6.07) is 15.2. The fraction of sp³-hybridized carbons (Fsp3) is 0.333. The molecule has 0 aliphatic rings. The van der Waals surface area contributed by atoms with Crippen LogP contribution in [0.2, 0.25) is 0 Å². The van der Waals surface area contributed by atoms with Crippen LogP contribution in [0.5, 0.6) is 23.0 Å². The first-order valence-electron chi connectivity index (χ1n) is 10.3. The normalized spacial score (nSPS) is 14.2. The van der Waals surface area contributed by atoms with Gasteiger partial charge in [-0.05, 0) is 75.2 Å². The van der Waals surface area contributed by atoms with Gasteiger partial charge in [-0.25, -0.2) is 0 Å². The quantitative estimate of drug-likeness (QED) is 0.300. The van der Waals surface area contributed by atoms with Crippen molar-refractivity contribution in [2.75, 3.05) is 0 Å². The summed E-state index contributed by atoms with van der Waals surface area (Å²) >= 11 is 0. The topological polar surface area (TPSA) is 165 Å². The van der Waals surface area contributed by atoms with E-state index in [9.17, 15) is 30.3 Å². The zero-order valence-electron chi connectivity index (χ0n) is 18.8. The maximum absolute atomic E-state index is 12.1. The van der Waals surface area contributed by atoms with Crippen LogP contribution < -0.4 is 9.47 Å². The number of phenols is 2. The molecule has 0 radical (unpaired) electrons. The van der Waals surface area contributed by atoms with E-state index in [0.29, 0.717) is 0 Å². The van der Waals surface area contributed by atoms with Crippen LogP contribution in [-0.2, 0) is 9.59 Å². The number of carbonyl (C=O) groups excluding carboxylic acids is 2. The fourth-order valence-electron chi connectivity index (χ4n) is 2.56. The molecule has 176 valence electrons. The van der Waals surface area contributed by atoms with E-state index in [1.54, 1.807) is 0 Å². The molecule has 2 aromatic rings. The molecule has 2 N–H and O–H groups in total. The van der Waals surface area contributed by atoms with Crippen molar-refractivity contribution in [3.8, 4) is 35.1 Å². The molecule has 2 atom stereocenters. The summed E-state index contributed by atoms with van der Waals surface area (Å²) in [6.07, 6.45) is -0.277. The lowest BCUT2D eigenvalue weighted by Gasteiger charge is -2.19. The Morgan fingerprint density at radius 3 is 1.38 bits per heavy atom. The molecule has 0 bridgehead atoms. The molecule has 0 spiro atoms. The Balaban J connectivity index is 1.92. The van der Waals surface area contributed by atoms with Crippen molar-refractivity contribution in [1.82, 2.24) is 0 Å². The van der Waals surface area contributed by atoms with Crippen LogP contribution in [0.15, 0.2) is 58.8 Å². The molecule has 34 heavy (non-hydrogen) atoms. The lowest BCUT2D eigenvalue weighted by atomic mass is 9.97. The number of ether oxygens (including phenoxy) is 2. The maximum atomic E-state index is 12.1. The van der Waals surface area contributed by atoms with Crippen LogP contribution in [0.4, 0.5) is 0 Å². The standard InChI is InChI=1S/C24H24N4O6/c1-23(15-25,13-11-21(31)33-19-7-3-17(29)4-8-19)27-28-24(2,16-26)14-12-22(32)34-20-9-5-18(30)6-10-20/h3-10,29-30H,11-14H2,1-2H3/b28-27+. The van der Waals surface area contributed by atoms with Crippen molar-refractivity contribution < 1.29 is 29.3 Å². The first-order valence-corrected chi connectivity index (χ1v) is 10.3. The zero-order valence-corrected chi connectivity index (χ0v) is 18.8. The number of hydrogen-bond acceptors (Lipinski definition) is 10. The molecule has 0 saturated heterocycles. The van der Waals surface area contributed by atoms with E-state index in [4.69, 9.17) is 9.47 Å². The van der Waals surface area contributed by atoms with Crippen LogP contribution >= 0.6 is 0 Å². The summed E-state index contributed by atoms with van der Waals surface area (Å²) in [5.74, 6) is -0.624. The molecule has 0 fully saturated rings. The van der Waals surface area contributed by atoms with Gasteiger partial charge in [0, 0.05) is 12.8 Å². The Hall–Kier alpha value is -4.44. The third-order valence-electron chi connectivity index (χ3n) is 4.74. The smallest absolute Gasteiger partial charge is 0.311 e. The van der Waals surface area contributed by atoms with Crippen molar-refractivity contribution in [2.24, 2.45) is 10.2 Å². The van der Waals surface area contributed by atoms with Gasteiger partial charge in [0.1, 0.15) is 23.0 Å². The van der Waals surface area contributed by atoms with E-state index >= 15 is 0 Å². The first kappa shape index (κ1) is 25.8. The summed E-state index contributed by atoms with van der Waals surface area (Å²) in [6.45, 7) is 2.95. The van der Waals surface area contributed by atoms with Gasteiger partial charge in [0.25, 0.3) is 0 Å². The molecule has 10 heteroatoms. The predicted molar refractivity (Wildman–Crippen MR) is 119 cm³/mol. The number of phenolic OH excluding ortho intramolecular Hbond substituents is 2. The predicted octanol–water partition coefficient (Wildman–Crippen LogP) is 4.19. The van der Waals surface area contributed by atoms with Crippen LogP contribution in [0.25, 0.3) is 0 Å². The number of aromatic hydroxyl groups is 2. The molecule has 2 rings (SSSR count). The van der Waals surface area contributed by atoms with Gasteiger partial charge in [-0.2, -0.15) is 20.8 Å². The number of nitriles is 2. The lowest BCUT2D eigenvalue weighted by Crippen LogP contribution is -2.26. The molecule has 0 heterocycles. The van der Waals surface area contributed by atoms with Crippen molar-refractivity contribution in [1.29, 1.82) is 10.5 Å². The van der Waals surface area contributed by atoms with Gasteiger partial charge in [-0.15, -0.1) is 0 Å². The van der Waals surface area contributed by atoms with Crippen molar-refractivity contribution >= 4 is 11.9 Å². The second-order valence-electron chi connectivity index (χ2n) is 7.91. The van der Waals surface area contributed by atoms with Gasteiger partial charge in [0.15, 0.2) is 11.1 Å². The number of carbonyl (C=O) groups is 2. The largest absolute Gasteiger partial charge is 0.508 e. The SMILES string of the molecule is CC(C#N)(CCC(=O)Oc1ccc(O)cc1)/N=N/C(C)(C#N)CCC(=O)Oc1ccc(O)cc1. The van der Waals surface area contributed by atoms with E-state index in [1.165, 1.54) is 62.4 Å². The highest BCUT2D eigenvalue weighted by atomic mass is 16.5. The maximum Gasteiger partial charge on any atom is 0.311 e. The average Bonchev–Trinajstić information content (AvgIpc) is 2.83. The summed E-state index contributed by atoms with van der Waals surface area (Å²) in [5.41, 5.74) is -2.78. The average molecular weight is 464 g/mol. The van der Waals surface area contributed by atoms with E-state index in [-0.39, 0.29) is 48.7 Å². The number of rotatable bonds is 10. The van der Waals surface area contributed by atoms with Crippen LogP contribution in [-0.4, -0.2) is 33.2 Å². The second-order valence-corrected chi connectivity index (χ2v) is 7.91. The molecule has 10 nitrogen and oxygen atoms in total. The summed E-state index contributed by atoms with van der Waals surface area (Å²) in [4.78, 5) is 24.2. The third kappa shape index (κ3) is 8.24. The molecule has 0 aliphatic heterocycles. The number of benzene rings is 2. The van der Waals surface area contributed by atoms with Gasteiger partial charge < -0.3 is 19.7 Å². The monoisotopic (exact) mass is 464 g/mol. The van der Waals surface area contributed by atoms with Crippen LogP contribution in [0.1, 0.15) is 39.5 Å². The van der Waals surface area contributed by atoms with Gasteiger partial charge in [-0.3, -0.25) is 9.59 Å². The Morgan fingerprint density at radius 1 is 0.765 bits per heavy atom. The third-order valence-corrected chi connectivity index (χ3v) is 4.74. The van der Waals surface area contributed by atoms with E-state index in [2.05, 4.69) is 10.2 Å². The van der Waals surface area contributed by atoms with Crippen LogP contribution in [0.3, 0.4) is 0 Å². The number of nitrogens with zero attached hydrogens (tertiary/aromatic N) is 4. The molecule has 0 amide bonds. The highest BCUT2D eigenvalue weighted by molar-refractivity contribution is 5.73. The minimum absolute atomic E-state index is 0.00564. The van der Waals surface area contributed by atoms with E-state index in [0.717, 1.165) is 0 Å². The molecular formula is C24H24N4O6. The Kier molecular flexibility index (Phi) is 8.68. The number of esters is 2. The summed E-state index contributed by atoms with van der Waals surface area (Å²) in [7, 11) is 0. The van der Waals surface area contributed by atoms with Crippen LogP contribution in [0, 0.1) is 22.7 Å². The number of hydrogen-bond donors (Lipinski definition) is 2. The Morgan fingerprint density at radius 2 is 1.09 bits per heavy atom. The molecule has 2 unspecified atom stereocenters. The zero-order chi connectivity index (χ0) is 25.2. The van der Waals surface area contributed by atoms with Gasteiger partial charge in [-0.1, -0.05) is 0 Å². The minimum Gasteiger partial charge on any atom is -0.508 e. The fourth-order valence-corrected chi connectivity index (χ4v) is 2.56.